The zero-order valence-corrected chi connectivity index (χ0v) is 22.0. The van der Waals surface area contributed by atoms with Crippen molar-refractivity contribution < 1.29 is 29.0 Å². The van der Waals surface area contributed by atoms with Crippen molar-refractivity contribution in [2.24, 2.45) is 0 Å². The highest BCUT2D eigenvalue weighted by atomic mass is 16.5. The molecule has 1 N–H and O–H groups in total. The van der Waals surface area contributed by atoms with Crippen LogP contribution in [0.5, 0.6) is 5.75 Å². The molecule has 0 bridgehead atoms. The Morgan fingerprint density at radius 2 is 1.48 bits per heavy atom. The summed E-state index contributed by atoms with van der Waals surface area (Å²) in [6.07, 6.45) is 0. The van der Waals surface area contributed by atoms with Crippen molar-refractivity contribution >= 4 is 29.1 Å². The number of methoxy groups -OCH3 is 1. The summed E-state index contributed by atoms with van der Waals surface area (Å²) in [4.78, 5) is 40.0. The number of anilines is 1. The first-order valence-corrected chi connectivity index (χ1v) is 12.7. The molecule has 5 rings (SSSR count). The lowest BCUT2D eigenvalue weighted by molar-refractivity contribution is -0.132. The highest BCUT2D eigenvalue weighted by molar-refractivity contribution is 6.51. The lowest BCUT2D eigenvalue weighted by Crippen LogP contribution is -2.29. The lowest BCUT2D eigenvalue weighted by atomic mass is 9.94. The van der Waals surface area contributed by atoms with Gasteiger partial charge in [0.1, 0.15) is 18.1 Å². The lowest BCUT2D eigenvalue weighted by Gasteiger charge is -2.25. The van der Waals surface area contributed by atoms with Crippen LogP contribution in [0, 0.1) is 6.92 Å². The Bertz CT molecular complexity index is 1590. The van der Waals surface area contributed by atoms with E-state index in [1.165, 1.54) is 24.1 Å². The molecular weight excluding hydrogens is 506 g/mol. The smallest absolute Gasteiger partial charge is 0.337 e. The minimum Gasteiger partial charge on any atom is -0.507 e. The third kappa shape index (κ3) is 5.09. The van der Waals surface area contributed by atoms with Crippen LogP contribution < -0.4 is 9.64 Å². The molecule has 200 valence electrons. The fourth-order valence-electron chi connectivity index (χ4n) is 4.78. The highest BCUT2D eigenvalue weighted by Crippen LogP contribution is 2.42. The quantitative estimate of drug-likeness (QED) is 0.136. The molecule has 0 aliphatic carbocycles. The number of ketones is 1. The zero-order chi connectivity index (χ0) is 28.2. The van der Waals surface area contributed by atoms with Crippen molar-refractivity contribution in [2.75, 3.05) is 12.0 Å². The summed E-state index contributed by atoms with van der Waals surface area (Å²) in [5.74, 6) is -1.73. The van der Waals surface area contributed by atoms with Crippen LogP contribution in [-0.2, 0) is 20.9 Å². The molecule has 1 atom stereocenters. The van der Waals surface area contributed by atoms with Gasteiger partial charge in [-0.15, -0.1) is 0 Å². The number of aliphatic hydroxyl groups is 1. The van der Waals surface area contributed by atoms with E-state index in [-0.39, 0.29) is 11.3 Å². The fourth-order valence-corrected chi connectivity index (χ4v) is 4.78. The third-order valence-electron chi connectivity index (χ3n) is 6.81. The summed E-state index contributed by atoms with van der Waals surface area (Å²) in [5.41, 5.74) is 3.53. The molecule has 0 aromatic heterocycles. The monoisotopic (exact) mass is 533 g/mol. The molecule has 1 amide bonds. The number of carbonyl (C=O) groups is 3. The first kappa shape index (κ1) is 26.4. The van der Waals surface area contributed by atoms with Gasteiger partial charge in [-0.05, 0) is 66.1 Å². The zero-order valence-electron chi connectivity index (χ0n) is 22.0. The number of nitrogens with zero attached hydrogens (tertiary/aromatic N) is 1. The van der Waals surface area contributed by atoms with Crippen molar-refractivity contribution in [3.05, 3.63) is 137 Å². The van der Waals surface area contributed by atoms with Gasteiger partial charge in [0.2, 0.25) is 0 Å². The number of aliphatic hydroxyl groups excluding tert-OH is 1. The molecule has 7 heteroatoms. The highest BCUT2D eigenvalue weighted by Gasteiger charge is 2.47. The third-order valence-corrected chi connectivity index (χ3v) is 6.81. The van der Waals surface area contributed by atoms with Gasteiger partial charge in [0.25, 0.3) is 11.7 Å². The number of esters is 1. The van der Waals surface area contributed by atoms with E-state index in [4.69, 9.17) is 9.47 Å². The largest absolute Gasteiger partial charge is 0.507 e. The Morgan fingerprint density at radius 3 is 2.10 bits per heavy atom. The maximum absolute atomic E-state index is 13.4. The molecular formula is C33H27NO6. The molecule has 0 spiro atoms. The average Bonchev–Trinajstić information content (AvgIpc) is 3.26. The van der Waals surface area contributed by atoms with Crippen molar-refractivity contribution in [3.8, 4) is 5.75 Å². The van der Waals surface area contributed by atoms with Gasteiger partial charge in [0, 0.05) is 11.3 Å². The summed E-state index contributed by atoms with van der Waals surface area (Å²) in [6, 6.07) is 29.3. The topological polar surface area (TPSA) is 93.1 Å². The minimum atomic E-state index is -0.875. The van der Waals surface area contributed by atoms with E-state index in [1.54, 1.807) is 54.6 Å². The normalized spacial score (nSPS) is 16.1. The first-order valence-electron chi connectivity index (χ1n) is 12.7. The van der Waals surface area contributed by atoms with Crippen molar-refractivity contribution in [1.29, 1.82) is 0 Å². The van der Waals surface area contributed by atoms with Gasteiger partial charge in [-0.25, -0.2) is 4.79 Å². The Hall–Kier alpha value is -5.17. The van der Waals surface area contributed by atoms with Crippen LogP contribution in [0.2, 0.25) is 0 Å². The van der Waals surface area contributed by atoms with Crippen molar-refractivity contribution in [2.45, 2.75) is 19.6 Å². The van der Waals surface area contributed by atoms with E-state index >= 15 is 0 Å². The number of rotatable bonds is 7. The van der Waals surface area contributed by atoms with Gasteiger partial charge in [-0.3, -0.25) is 14.5 Å². The van der Waals surface area contributed by atoms with Gasteiger partial charge < -0.3 is 14.6 Å². The van der Waals surface area contributed by atoms with E-state index in [9.17, 15) is 19.5 Å². The number of aryl methyl sites for hydroxylation is 1. The molecule has 1 fully saturated rings. The molecule has 7 nitrogen and oxygen atoms in total. The fraction of sp³-hybridized carbons (Fsp3) is 0.121. The van der Waals surface area contributed by atoms with Gasteiger partial charge in [0.05, 0.1) is 24.3 Å². The number of benzene rings is 4. The van der Waals surface area contributed by atoms with Gasteiger partial charge in [-0.2, -0.15) is 0 Å². The molecule has 40 heavy (non-hydrogen) atoms. The van der Waals surface area contributed by atoms with Gasteiger partial charge in [-0.1, -0.05) is 60.7 Å². The predicted molar refractivity (Wildman–Crippen MR) is 151 cm³/mol. The number of ether oxygens (including phenoxy) is 2. The van der Waals surface area contributed by atoms with Crippen LogP contribution in [0.25, 0.3) is 5.76 Å². The van der Waals surface area contributed by atoms with Crippen molar-refractivity contribution in [3.63, 3.8) is 0 Å². The Morgan fingerprint density at radius 1 is 0.850 bits per heavy atom. The maximum Gasteiger partial charge on any atom is 0.337 e. The van der Waals surface area contributed by atoms with E-state index in [0.717, 1.165) is 11.1 Å². The second-order valence-electron chi connectivity index (χ2n) is 9.37. The van der Waals surface area contributed by atoms with Crippen LogP contribution in [0.3, 0.4) is 0 Å². The second-order valence-corrected chi connectivity index (χ2v) is 9.37. The molecule has 1 aliphatic rings. The standard InChI is InChI=1S/C33H27NO6/c1-21-19-25(15-18-27(21)40-20-22-9-5-3-6-10-22)30(35)28-29(23-11-7-4-8-12-23)34(32(37)31(28)36)26-16-13-24(14-17-26)33(38)39-2/h3-19,29,35H,20H2,1-2H3/b30-28-. The average molecular weight is 534 g/mol. The minimum absolute atomic E-state index is 0.0226. The van der Waals surface area contributed by atoms with E-state index in [1.807, 2.05) is 43.3 Å². The summed E-state index contributed by atoms with van der Waals surface area (Å²) in [5, 5.41) is 11.5. The molecule has 4 aromatic carbocycles. The van der Waals surface area contributed by atoms with E-state index in [0.29, 0.717) is 34.7 Å². The molecule has 0 radical (unpaired) electrons. The number of Topliss-reactive ketones (excluding diaryl/α,β-unsaturated/α-hetero) is 1. The number of hydrogen-bond acceptors (Lipinski definition) is 6. The summed E-state index contributed by atoms with van der Waals surface area (Å²) in [7, 11) is 1.29. The van der Waals surface area contributed by atoms with Crippen LogP contribution in [0.15, 0.2) is 109 Å². The first-order chi connectivity index (χ1) is 19.4. The van der Waals surface area contributed by atoms with Crippen LogP contribution >= 0.6 is 0 Å². The number of amides is 1. The molecule has 1 aliphatic heterocycles. The predicted octanol–water partition coefficient (Wildman–Crippen LogP) is 5.99. The molecule has 1 saturated heterocycles. The maximum atomic E-state index is 13.4. The van der Waals surface area contributed by atoms with E-state index < -0.39 is 23.7 Å². The Balaban J connectivity index is 1.53. The number of carbonyl (C=O) groups excluding carboxylic acids is 3. The van der Waals surface area contributed by atoms with Crippen molar-refractivity contribution in [1.82, 2.24) is 0 Å². The second kappa shape index (κ2) is 11.3. The van der Waals surface area contributed by atoms with Gasteiger partial charge >= 0.3 is 5.97 Å². The summed E-state index contributed by atoms with van der Waals surface area (Å²) < 4.78 is 10.7. The summed E-state index contributed by atoms with van der Waals surface area (Å²) >= 11 is 0. The summed E-state index contributed by atoms with van der Waals surface area (Å²) in [6.45, 7) is 2.24. The molecule has 1 unspecified atom stereocenters. The van der Waals surface area contributed by atoms with Crippen LogP contribution in [-0.4, -0.2) is 29.9 Å². The van der Waals surface area contributed by atoms with Crippen LogP contribution in [0.4, 0.5) is 5.69 Å². The van der Waals surface area contributed by atoms with Crippen LogP contribution in [0.1, 0.15) is 38.7 Å². The molecule has 4 aromatic rings. The van der Waals surface area contributed by atoms with Gasteiger partial charge in [0.15, 0.2) is 0 Å². The van der Waals surface area contributed by atoms with E-state index in [2.05, 4.69) is 0 Å². The SMILES string of the molecule is COC(=O)c1ccc(N2C(=O)C(=O)/C(=C(\O)c3ccc(OCc4ccccc4)c(C)c3)C2c2ccccc2)cc1. The number of hydrogen-bond donors (Lipinski definition) is 1. The molecule has 0 saturated carbocycles. The Kier molecular flexibility index (Phi) is 7.46. The Labute approximate surface area is 231 Å². The molecule has 1 heterocycles.